The van der Waals surface area contributed by atoms with Crippen molar-refractivity contribution in [3.8, 4) is 28.3 Å². The molecule has 1 saturated heterocycles. The number of pyridine rings is 1. The highest BCUT2D eigenvalue weighted by Gasteiger charge is 2.33. The first kappa shape index (κ1) is 22.5. The number of fused-ring (bicyclic) bond motifs is 2. The van der Waals surface area contributed by atoms with Crippen molar-refractivity contribution in [2.45, 2.75) is 25.3 Å². The summed E-state index contributed by atoms with van der Waals surface area (Å²) in [5.74, 6) is 0.723. The number of ether oxygens (including phenoxy) is 3. The van der Waals surface area contributed by atoms with Gasteiger partial charge < -0.3 is 19.1 Å². The van der Waals surface area contributed by atoms with Crippen molar-refractivity contribution in [3.05, 3.63) is 47.8 Å². The largest absolute Gasteiger partial charge is 0.494 e. The van der Waals surface area contributed by atoms with Crippen LogP contribution < -0.4 is 4.74 Å². The number of hydrogen-bond acceptors (Lipinski definition) is 7. The molecular formula is C26H28N6O4. The lowest BCUT2D eigenvalue weighted by Crippen LogP contribution is -2.51. The fourth-order valence-corrected chi connectivity index (χ4v) is 5.06. The molecule has 1 aliphatic heterocycles. The molecule has 1 aromatic carbocycles. The summed E-state index contributed by atoms with van der Waals surface area (Å²) in [6.07, 6.45) is 6.74. The quantitative estimate of drug-likeness (QED) is 0.396. The number of nitrogens with one attached hydrogen (secondary N) is 1. The summed E-state index contributed by atoms with van der Waals surface area (Å²) in [5.41, 5.74) is 7.89. The molecule has 0 radical (unpaired) electrons. The lowest BCUT2D eigenvalue weighted by atomic mass is 9.99. The van der Waals surface area contributed by atoms with E-state index < -0.39 is 0 Å². The Morgan fingerprint density at radius 1 is 1.17 bits per heavy atom. The maximum absolute atomic E-state index is 12.1. The summed E-state index contributed by atoms with van der Waals surface area (Å²) in [6, 6.07) is 8.48. The Hall–Kier alpha value is -3.92. The zero-order valence-electron chi connectivity index (χ0n) is 20.4. The maximum Gasteiger partial charge on any atom is 0.409 e. The number of aryl methyl sites for hydroxylation is 1. The van der Waals surface area contributed by atoms with Crippen molar-refractivity contribution in [2.24, 2.45) is 0 Å². The van der Waals surface area contributed by atoms with E-state index in [4.69, 9.17) is 19.2 Å². The molecule has 0 unspecified atom stereocenters. The van der Waals surface area contributed by atoms with Crippen molar-refractivity contribution in [2.75, 3.05) is 40.5 Å². The lowest BCUT2D eigenvalue weighted by molar-refractivity contribution is 0.0385. The van der Waals surface area contributed by atoms with Crippen LogP contribution in [-0.4, -0.2) is 76.5 Å². The SMILES string of the molecule is COCCOC(=O)N1CC(n2cc(-c3n[nH]c4cc(OC)c(-c5cccc6c5CCC6)nc34)cn2)C1. The van der Waals surface area contributed by atoms with Crippen LogP contribution in [0.1, 0.15) is 23.6 Å². The van der Waals surface area contributed by atoms with E-state index >= 15 is 0 Å². The van der Waals surface area contributed by atoms with E-state index in [1.54, 1.807) is 25.3 Å². The fourth-order valence-electron chi connectivity index (χ4n) is 5.06. The molecule has 3 aromatic heterocycles. The van der Waals surface area contributed by atoms with Crippen LogP contribution >= 0.6 is 0 Å². The van der Waals surface area contributed by atoms with Gasteiger partial charge in [-0.25, -0.2) is 9.78 Å². The summed E-state index contributed by atoms with van der Waals surface area (Å²) in [4.78, 5) is 18.8. The number of methoxy groups -OCH3 is 2. The van der Waals surface area contributed by atoms with Crippen molar-refractivity contribution in [1.82, 2.24) is 29.9 Å². The number of amides is 1. The Labute approximate surface area is 208 Å². The van der Waals surface area contributed by atoms with E-state index in [1.165, 1.54) is 11.1 Å². The highest BCUT2D eigenvalue weighted by Crippen LogP contribution is 2.39. The minimum atomic E-state index is -0.327. The molecular weight excluding hydrogens is 460 g/mol. The van der Waals surface area contributed by atoms with Gasteiger partial charge >= 0.3 is 6.09 Å². The van der Waals surface area contributed by atoms with E-state index in [9.17, 15) is 4.79 Å². The number of hydrogen-bond donors (Lipinski definition) is 1. The second kappa shape index (κ2) is 9.27. The first-order chi connectivity index (χ1) is 17.7. The molecule has 10 nitrogen and oxygen atoms in total. The van der Waals surface area contributed by atoms with E-state index in [1.807, 2.05) is 16.9 Å². The number of rotatable bonds is 7. The molecule has 36 heavy (non-hydrogen) atoms. The Balaban J connectivity index is 1.27. The van der Waals surface area contributed by atoms with Crippen molar-refractivity contribution in [1.29, 1.82) is 0 Å². The molecule has 1 N–H and O–H groups in total. The molecule has 186 valence electrons. The number of carbonyl (C=O) groups excluding carboxylic acids is 1. The van der Waals surface area contributed by atoms with Gasteiger partial charge in [-0.1, -0.05) is 18.2 Å². The van der Waals surface area contributed by atoms with Gasteiger partial charge in [-0.15, -0.1) is 0 Å². The summed E-state index contributed by atoms with van der Waals surface area (Å²) >= 11 is 0. The zero-order chi connectivity index (χ0) is 24.6. The summed E-state index contributed by atoms with van der Waals surface area (Å²) in [5, 5.41) is 12.2. The Kier molecular flexibility index (Phi) is 5.80. The van der Waals surface area contributed by atoms with Gasteiger partial charge in [-0.05, 0) is 30.4 Å². The highest BCUT2D eigenvalue weighted by molar-refractivity contribution is 5.92. The van der Waals surface area contributed by atoms with Crippen LogP contribution in [0.25, 0.3) is 33.5 Å². The van der Waals surface area contributed by atoms with Crippen LogP contribution in [0.15, 0.2) is 36.7 Å². The van der Waals surface area contributed by atoms with Crippen LogP contribution in [0.2, 0.25) is 0 Å². The Bertz CT molecular complexity index is 1420. The molecule has 0 spiro atoms. The number of carbonyl (C=O) groups is 1. The average Bonchev–Trinajstić information content (AvgIpc) is 3.61. The predicted octanol–water partition coefficient (Wildman–Crippen LogP) is 3.63. The van der Waals surface area contributed by atoms with E-state index in [0.29, 0.717) is 19.7 Å². The fraction of sp³-hybridized carbons (Fsp3) is 0.385. The topological polar surface area (TPSA) is 107 Å². The van der Waals surface area contributed by atoms with Crippen LogP contribution in [0.4, 0.5) is 4.79 Å². The third kappa shape index (κ3) is 3.87. The number of aromatic nitrogens is 5. The van der Waals surface area contributed by atoms with Gasteiger partial charge in [-0.3, -0.25) is 9.78 Å². The maximum atomic E-state index is 12.1. The third-order valence-corrected chi connectivity index (χ3v) is 7.00. The van der Waals surface area contributed by atoms with Gasteiger partial charge in [0.1, 0.15) is 29.3 Å². The van der Waals surface area contributed by atoms with Crippen LogP contribution in [0.5, 0.6) is 5.75 Å². The summed E-state index contributed by atoms with van der Waals surface area (Å²) in [6.45, 7) is 1.73. The van der Waals surface area contributed by atoms with Crippen LogP contribution in [0.3, 0.4) is 0 Å². The minimum Gasteiger partial charge on any atom is -0.494 e. The van der Waals surface area contributed by atoms with Gasteiger partial charge in [0.15, 0.2) is 0 Å². The second-order valence-electron chi connectivity index (χ2n) is 9.18. The molecule has 0 atom stereocenters. The predicted molar refractivity (Wildman–Crippen MR) is 133 cm³/mol. The molecule has 4 aromatic rings. The highest BCUT2D eigenvalue weighted by atomic mass is 16.6. The van der Waals surface area contributed by atoms with E-state index in [-0.39, 0.29) is 18.7 Å². The minimum absolute atomic E-state index is 0.0921. The standard InChI is InChI=1S/C26H28N6O4/c1-34-9-10-36-26(33)31-14-18(15-31)32-13-17(12-27-32)23-25-21(29-30-23)11-22(35-2)24(28-25)20-8-4-6-16-5-3-7-19(16)20/h4,6,8,11-13,18H,3,5,7,9-10,14-15H2,1-2H3,(H,29,30). The number of nitrogens with zero attached hydrogens (tertiary/aromatic N) is 5. The van der Waals surface area contributed by atoms with Gasteiger partial charge in [0.25, 0.3) is 0 Å². The van der Waals surface area contributed by atoms with Gasteiger partial charge in [-0.2, -0.15) is 10.2 Å². The first-order valence-corrected chi connectivity index (χ1v) is 12.2. The number of likely N-dealkylation sites (tertiary alicyclic amines) is 1. The average molecular weight is 489 g/mol. The lowest BCUT2D eigenvalue weighted by Gasteiger charge is -2.38. The molecule has 0 saturated carbocycles. The Morgan fingerprint density at radius 3 is 2.89 bits per heavy atom. The smallest absolute Gasteiger partial charge is 0.409 e. The van der Waals surface area contributed by atoms with Gasteiger partial charge in [0.2, 0.25) is 0 Å². The monoisotopic (exact) mass is 488 g/mol. The van der Waals surface area contributed by atoms with Crippen LogP contribution in [-0.2, 0) is 22.3 Å². The first-order valence-electron chi connectivity index (χ1n) is 12.2. The molecule has 1 amide bonds. The van der Waals surface area contributed by atoms with Crippen LogP contribution in [0, 0.1) is 0 Å². The van der Waals surface area contributed by atoms with E-state index in [2.05, 4.69) is 33.5 Å². The zero-order valence-corrected chi connectivity index (χ0v) is 20.4. The number of benzene rings is 1. The second-order valence-corrected chi connectivity index (χ2v) is 9.18. The van der Waals surface area contributed by atoms with E-state index in [0.717, 1.165) is 58.6 Å². The molecule has 4 heterocycles. The summed E-state index contributed by atoms with van der Waals surface area (Å²) in [7, 11) is 3.25. The van der Waals surface area contributed by atoms with Gasteiger partial charge in [0.05, 0.1) is 31.5 Å². The van der Waals surface area contributed by atoms with Crippen molar-refractivity contribution < 1.29 is 19.0 Å². The molecule has 0 bridgehead atoms. The molecule has 1 fully saturated rings. The van der Waals surface area contributed by atoms with Crippen molar-refractivity contribution in [3.63, 3.8) is 0 Å². The summed E-state index contributed by atoms with van der Waals surface area (Å²) < 4.78 is 17.7. The molecule has 1 aliphatic carbocycles. The molecule has 6 rings (SSSR count). The van der Waals surface area contributed by atoms with Gasteiger partial charge in [0, 0.05) is 43.6 Å². The number of H-pyrrole nitrogens is 1. The van der Waals surface area contributed by atoms with Crippen molar-refractivity contribution >= 4 is 17.1 Å². The molecule has 2 aliphatic rings. The third-order valence-electron chi connectivity index (χ3n) is 7.00. The Morgan fingerprint density at radius 2 is 2.06 bits per heavy atom. The normalized spacial score (nSPS) is 15.2. The number of aromatic amines is 1. The molecule has 10 heteroatoms.